The molecule has 0 radical (unpaired) electrons. The summed E-state index contributed by atoms with van der Waals surface area (Å²) >= 11 is 6.00. The lowest BCUT2D eigenvalue weighted by Gasteiger charge is -2.11. The van der Waals surface area contributed by atoms with E-state index in [9.17, 15) is 5.11 Å². The molecule has 0 amide bonds. The topological polar surface area (TPSA) is 46.0 Å². The van der Waals surface area contributed by atoms with Crippen LogP contribution in [0.25, 0.3) is 0 Å². The molecule has 18 heavy (non-hydrogen) atoms. The van der Waals surface area contributed by atoms with Gasteiger partial charge in [-0.1, -0.05) is 11.6 Å². The first-order valence-corrected chi connectivity index (χ1v) is 6.29. The molecule has 2 heterocycles. The van der Waals surface area contributed by atoms with Crippen LogP contribution in [0.1, 0.15) is 17.5 Å². The smallest absolute Gasteiger partial charge is 0.0622 e. The van der Waals surface area contributed by atoms with Crippen LogP contribution in [0, 0.1) is 0 Å². The third-order valence-corrected chi connectivity index (χ3v) is 3.17. The number of aliphatic hydroxyl groups is 1. The second-order valence-electron chi connectivity index (χ2n) is 4.22. The molecule has 1 N–H and O–H groups in total. The number of rotatable bonds is 5. The fraction of sp³-hybridized carbons (Fsp3) is 0.286. The van der Waals surface area contributed by atoms with Crippen LogP contribution in [-0.4, -0.2) is 21.2 Å². The van der Waals surface area contributed by atoms with Crippen molar-refractivity contribution in [2.24, 2.45) is 0 Å². The highest BCUT2D eigenvalue weighted by Gasteiger charge is 2.08. The van der Waals surface area contributed by atoms with Crippen molar-refractivity contribution in [3.8, 4) is 0 Å². The quantitative estimate of drug-likeness (QED) is 0.901. The highest BCUT2D eigenvalue weighted by atomic mass is 35.5. The molecule has 0 saturated carbocycles. The van der Waals surface area contributed by atoms with Gasteiger partial charge in [-0.25, -0.2) is 0 Å². The average Bonchev–Trinajstić information content (AvgIpc) is 2.40. The van der Waals surface area contributed by atoms with Crippen LogP contribution < -0.4 is 0 Å². The molecule has 0 aliphatic rings. The molecule has 2 rings (SSSR count). The predicted octanol–water partition coefficient (Wildman–Crippen LogP) is 2.67. The molecule has 0 aromatic carbocycles. The van der Waals surface area contributed by atoms with Gasteiger partial charge in [0.05, 0.1) is 11.1 Å². The van der Waals surface area contributed by atoms with E-state index in [1.54, 1.807) is 24.8 Å². The van der Waals surface area contributed by atoms with Gasteiger partial charge in [0.15, 0.2) is 0 Å². The maximum absolute atomic E-state index is 9.99. The monoisotopic (exact) mass is 262 g/mol. The molecule has 0 aliphatic carbocycles. The van der Waals surface area contributed by atoms with Crippen LogP contribution in [0.4, 0.5) is 0 Å². The Balaban J connectivity index is 1.86. The third kappa shape index (κ3) is 3.79. The molecule has 94 valence electrons. The van der Waals surface area contributed by atoms with Crippen molar-refractivity contribution in [1.29, 1.82) is 0 Å². The number of aromatic nitrogens is 2. The van der Waals surface area contributed by atoms with Gasteiger partial charge in [0, 0.05) is 24.8 Å². The fourth-order valence-electron chi connectivity index (χ4n) is 1.81. The van der Waals surface area contributed by atoms with E-state index in [0.717, 1.165) is 12.0 Å². The maximum Gasteiger partial charge on any atom is 0.0622 e. The summed E-state index contributed by atoms with van der Waals surface area (Å²) in [5.41, 5.74) is 2.12. The first-order valence-electron chi connectivity index (χ1n) is 5.91. The molecule has 4 heteroatoms. The lowest BCUT2D eigenvalue weighted by molar-refractivity contribution is 0.165. The molecule has 1 atom stereocenters. The van der Waals surface area contributed by atoms with Crippen molar-refractivity contribution >= 4 is 11.6 Å². The Morgan fingerprint density at radius 1 is 1.11 bits per heavy atom. The van der Waals surface area contributed by atoms with Crippen LogP contribution in [0.5, 0.6) is 0 Å². The summed E-state index contributed by atoms with van der Waals surface area (Å²) in [6.07, 6.45) is 8.55. The van der Waals surface area contributed by atoms with Gasteiger partial charge in [-0.15, -0.1) is 0 Å². The van der Waals surface area contributed by atoms with Crippen LogP contribution >= 0.6 is 11.6 Å². The lowest BCUT2D eigenvalue weighted by atomic mass is 10.0. The Morgan fingerprint density at radius 3 is 2.56 bits per heavy atom. The summed E-state index contributed by atoms with van der Waals surface area (Å²) in [7, 11) is 0. The molecular formula is C14H15ClN2O. The highest BCUT2D eigenvalue weighted by molar-refractivity contribution is 6.31. The van der Waals surface area contributed by atoms with E-state index >= 15 is 0 Å². The summed E-state index contributed by atoms with van der Waals surface area (Å²) in [4.78, 5) is 7.89. The second-order valence-corrected chi connectivity index (χ2v) is 4.63. The standard InChI is InChI=1S/C14H15ClN2O/c15-14-10-17-8-5-12(14)9-13(18)2-1-11-3-6-16-7-4-11/h3-8,10,13,18H,1-2,9H2. The first kappa shape index (κ1) is 13.0. The fourth-order valence-corrected chi connectivity index (χ4v) is 2.00. The number of pyridine rings is 2. The number of hydrogen-bond acceptors (Lipinski definition) is 3. The summed E-state index contributed by atoms with van der Waals surface area (Å²) < 4.78 is 0. The summed E-state index contributed by atoms with van der Waals surface area (Å²) in [6, 6.07) is 5.77. The zero-order chi connectivity index (χ0) is 12.8. The summed E-state index contributed by atoms with van der Waals surface area (Å²) in [6.45, 7) is 0. The second kappa shape index (κ2) is 6.47. The summed E-state index contributed by atoms with van der Waals surface area (Å²) in [5.74, 6) is 0. The Bertz CT molecular complexity index is 490. The molecule has 3 nitrogen and oxygen atoms in total. The normalized spacial score (nSPS) is 12.3. The van der Waals surface area contributed by atoms with Crippen molar-refractivity contribution in [2.75, 3.05) is 0 Å². The summed E-state index contributed by atoms with van der Waals surface area (Å²) in [5, 5.41) is 10.6. The van der Waals surface area contributed by atoms with Crippen molar-refractivity contribution < 1.29 is 5.11 Å². The van der Waals surface area contributed by atoms with E-state index < -0.39 is 6.10 Å². The number of hydrogen-bond donors (Lipinski definition) is 1. The number of halogens is 1. The Hall–Kier alpha value is -1.45. The van der Waals surface area contributed by atoms with Crippen LogP contribution in [0.2, 0.25) is 5.02 Å². The number of nitrogens with zero attached hydrogens (tertiary/aromatic N) is 2. The highest BCUT2D eigenvalue weighted by Crippen LogP contribution is 2.17. The molecule has 0 saturated heterocycles. The van der Waals surface area contributed by atoms with Crippen molar-refractivity contribution in [2.45, 2.75) is 25.4 Å². The Morgan fingerprint density at radius 2 is 1.83 bits per heavy atom. The van der Waals surface area contributed by atoms with E-state index in [4.69, 9.17) is 11.6 Å². The van der Waals surface area contributed by atoms with Crippen molar-refractivity contribution in [1.82, 2.24) is 9.97 Å². The maximum atomic E-state index is 9.99. The minimum atomic E-state index is -0.391. The predicted molar refractivity (Wildman–Crippen MR) is 71.5 cm³/mol. The SMILES string of the molecule is OC(CCc1ccncc1)Cc1ccncc1Cl. The number of aliphatic hydroxyl groups excluding tert-OH is 1. The first-order chi connectivity index (χ1) is 8.75. The minimum Gasteiger partial charge on any atom is -0.393 e. The molecule has 0 bridgehead atoms. The van der Waals surface area contributed by atoms with E-state index in [-0.39, 0.29) is 0 Å². The lowest BCUT2D eigenvalue weighted by Crippen LogP contribution is -2.12. The molecular weight excluding hydrogens is 248 g/mol. The van der Waals surface area contributed by atoms with Crippen LogP contribution in [0.15, 0.2) is 43.0 Å². The molecule has 0 fully saturated rings. The Kier molecular flexibility index (Phi) is 4.67. The third-order valence-electron chi connectivity index (χ3n) is 2.83. The van der Waals surface area contributed by atoms with E-state index in [1.807, 2.05) is 18.2 Å². The average molecular weight is 263 g/mol. The number of aryl methyl sites for hydroxylation is 1. The van der Waals surface area contributed by atoms with Gasteiger partial charge in [-0.2, -0.15) is 0 Å². The zero-order valence-electron chi connectivity index (χ0n) is 9.96. The van der Waals surface area contributed by atoms with Crippen LogP contribution in [-0.2, 0) is 12.8 Å². The van der Waals surface area contributed by atoms with E-state index in [1.165, 1.54) is 5.56 Å². The van der Waals surface area contributed by atoms with Gasteiger partial charge in [0.25, 0.3) is 0 Å². The molecule has 2 aromatic rings. The van der Waals surface area contributed by atoms with Crippen LogP contribution in [0.3, 0.4) is 0 Å². The van der Waals surface area contributed by atoms with E-state index in [0.29, 0.717) is 17.9 Å². The van der Waals surface area contributed by atoms with Crippen molar-refractivity contribution in [3.05, 3.63) is 59.1 Å². The molecule has 2 aromatic heterocycles. The van der Waals surface area contributed by atoms with Gasteiger partial charge < -0.3 is 5.11 Å². The van der Waals surface area contributed by atoms with E-state index in [2.05, 4.69) is 9.97 Å². The molecule has 0 spiro atoms. The van der Waals surface area contributed by atoms with Gasteiger partial charge in [0.2, 0.25) is 0 Å². The van der Waals surface area contributed by atoms with Gasteiger partial charge >= 0.3 is 0 Å². The molecule has 1 unspecified atom stereocenters. The van der Waals surface area contributed by atoms with Gasteiger partial charge in [-0.05, 0) is 48.6 Å². The van der Waals surface area contributed by atoms with Gasteiger partial charge in [-0.3, -0.25) is 9.97 Å². The zero-order valence-corrected chi connectivity index (χ0v) is 10.7. The Labute approximate surface area is 111 Å². The largest absolute Gasteiger partial charge is 0.393 e. The minimum absolute atomic E-state index is 0.391. The van der Waals surface area contributed by atoms with Gasteiger partial charge in [0.1, 0.15) is 0 Å². The van der Waals surface area contributed by atoms with Crippen molar-refractivity contribution in [3.63, 3.8) is 0 Å². The molecule has 0 aliphatic heterocycles.